The Balaban J connectivity index is 1.59. The van der Waals surface area contributed by atoms with E-state index in [4.69, 9.17) is 21.1 Å². The van der Waals surface area contributed by atoms with Crippen LogP contribution >= 0.6 is 11.6 Å². The van der Waals surface area contributed by atoms with Crippen LogP contribution in [0.15, 0.2) is 60.7 Å². The molecule has 31 heavy (non-hydrogen) atoms. The Morgan fingerprint density at radius 3 is 2.65 bits per heavy atom. The van der Waals surface area contributed by atoms with E-state index in [1.807, 2.05) is 31.2 Å². The van der Waals surface area contributed by atoms with Gasteiger partial charge in [-0.15, -0.1) is 0 Å². The third kappa shape index (κ3) is 4.13. The lowest BCUT2D eigenvalue weighted by Crippen LogP contribution is -2.30. The van der Waals surface area contributed by atoms with Crippen molar-refractivity contribution in [3.05, 3.63) is 71.2 Å². The fraction of sp³-hybridized carbons (Fsp3) is 0.130. The van der Waals surface area contributed by atoms with E-state index in [9.17, 15) is 9.59 Å². The highest BCUT2D eigenvalue weighted by atomic mass is 35.5. The number of amides is 3. The first-order valence-corrected chi connectivity index (χ1v) is 10.0. The summed E-state index contributed by atoms with van der Waals surface area (Å²) in [5.74, 6) is 1.29. The number of fused-ring (bicyclic) bond motifs is 2. The zero-order valence-electron chi connectivity index (χ0n) is 16.9. The lowest BCUT2D eigenvalue weighted by atomic mass is 10.1. The van der Waals surface area contributed by atoms with Crippen molar-refractivity contribution in [2.75, 3.05) is 29.2 Å². The third-order valence-electron chi connectivity index (χ3n) is 4.81. The van der Waals surface area contributed by atoms with Gasteiger partial charge in [0.05, 0.1) is 24.0 Å². The van der Waals surface area contributed by atoms with Crippen molar-refractivity contribution in [2.24, 2.45) is 0 Å². The van der Waals surface area contributed by atoms with Gasteiger partial charge in [0, 0.05) is 17.3 Å². The molecule has 0 unspecified atom stereocenters. The Morgan fingerprint density at radius 1 is 1.06 bits per heavy atom. The molecular weight excluding hydrogens is 418 g/mol. The largest absolute Gasteiger partial charge is 0.495 e. The molecular formula is C23H20ClN3O4. The Hall–Kier alpha value is -3.71. The van der Waals surface area contributed by atoms with E-state index in [-0.39, 0.29) is 5.91 Å². The Labute approximate surface area is 184 Å². The van der Waals surface area contributed by atoms with Gasteiger partial charge in [0.1, 0.15) is 11.5 Å². The number of rotatable bonds is 4. The summed E-state index contributed by atoms with van der Waals surface area (Å²) in [6.45, 7) is 2.37. The highest BCUT2D eigenvalue weighted by Crippen LogP contribution is 2.39. The zero-order chi connectivity index (χ0) is 22.0. The number of halogens is 1. The summed E-state index contributed by atoms with van der Waals surface area (Å²) < 4.78 is 11.2. The number of anilines is 3. The number of methoxy groups -OCH3 is 1. The first kappa shape index (κ1) is 20.6. The maximum absolute atomic E-state index is 13.2. The maximum Gasteiger partial charge on any atom is 0.323 e. The van der Waals surface area contributed by atoms with Gasteiger partial charge < -0.3 is 25.0 Å². The molecule has 3 aromatic carbocycles. The van der Waals surface area contributed by atoms with E-state index >= 15 is 0 Å². The first-order valence-electron chi connectivity index (χ1n) is 9.64. The molecule has 8 heteroatoms. The van der Waals surface area contributed by atoms with Crippen LogP contribution in [0.25, 0.3) is 0 Å². The van der Waals surface area contributed by atoms with Crippen LogP contribution in [-0.2, 0) is 0 Å². The summed E-state index contributed by atoms with van der Waals surface area (Å²) in [5.41, 5.74) is 1.92. The Bertz CT molecular complexity index is 1170. The lowest BCUT2D eigenvalue weighted by molar-refractivity contribution is 0.0988. The molecule has 0 fully saturated rings. The van der Waals surface area contributed by atoms with Crippen LogP contribution in [0.2, 0.25) is 5.02 Å². The standard InChI is InChI=1S/C23H20ClN3O4/c1-3-27-18-6-4-5-7-21(18)31-19-11-9-15(13-16(19)22(27)28)25-23(29)26-17-12-14(24)8-10-20(17)30-2/h4-13H,3H2,1-2H3,(H2,25,26,29). The van der Waals surface area contributed by atoms with Gasteiger partial charge in [-0.25, -0.2) is 4.79 Å². The molecule has 1 aliphatic heterocycles. The molecule has 0 saturated heterocycles. The number of urea groups is 1. The van der Waals surface area contributed by atoms with Crippen LogP contribution < -0.4 is 25.0 Å². The number of nitrogens with zero attached hydrogens (tertiary/aromatic N) is 1. The second kappa shape index (κ2) is 8.57. The Morgan fingerprint density at radius 2 is 1.87 bits per heavy atom. The highest BCUT2D eigenvalue weighted by molar-refractivity contribution is 6.31. The number of ether oxygens (including phenoxy) is 2. The number of hydrogen-bond donors (Lipinski definition) is 2. The van der Waals surface area contributed by atoms with E-state index in [0.29, 0.717) is 51.4 Å². The monoisotopic (exact) mass is 437 g/mol. The molecule has 3 aromatic rings. The average molecular weight is 438 g/mol. The molecule has 0 radical (unpaired) electrons. The molecule has 1 heterocycles. The van der Waals surface area contributed by atoms with Crippen molar-refractivity contribution in [3.63, 3.8) is 0 Å². The van der Waals surface area contributed by atoms with E-state index in [1.165, 1.54) is 7.11 Å². The van der Waals surface area contributed by atoms with Crippen molar-refractivity contribution < 1.29 is 19.1 Å². The van der Waals surface area contributed by atoms with Crippen molar-refractivity contribution >= 4 is 40.6 Å². The predicted molar refractivity (Wildman–Crippen MR) is 121 cm³/mol. The molecule has 0 spiro atoms. The molecule has 7 nitrogen and oxygen atoms in total. The average Bonchev–Trinajstić information content (AvgIpc) is 2.87. The van der Waals surface area contributed by atoms with Gasteiger partial charge >= 0.3 is 6.03 Å². The predicted octanol–water partition coefficient (Wildman–Crippen LogP) is 5.77. The zero-order valence-corrected chi connectivity index (χ0v) is 17.7. The number of benzene rings is 3. The van der Waals surface area contributed by atoms with E-state index in [1.54, 1.807) is 41.3 Å². The van der Waals surface area contributed by atoms with Crippen LogP contribution in [0.3, 0.4) is 0 Å². The maximum atomic E-state index is 13.2. The third-order valence-corrected chi connectivity index (χ3v) is 5.05. The van der Waals surface area contributed by atoms with Crippen LogP contribution in [-0.4, -0.2) is 25.6 Å². The van der Waals surface area contributed by atoms with Gasteiger partial charge in [-0.1, -0.05) is 23.7 Å². The molecule has 4 rings (SSSR count). The topological polar surface area (TPSA) is 79.9 Å². The molecule has 3 amide bonds. The van der Waals surface area contributed by atoms with Gasteiger partial charge in [-0.05, 0) is 55.5 Å². The van der Waals surface area contributed by atoms with Gasteiger partial charge in [0.25, 0.3) is 5.91 Å². The molecule has 1 aliphatic rings. The molecule has 0 atom stereocenters. The normalized spacial score (nSPS) is 12.2. The van der Waals surface area contributed by atoms with E-state index in [0.717, 1.165) is 0 Å². The summed E-state index contributed by atoms with van der Waals surface area (Å²) in [6.07, 6.45) is 0. The number of carbonyl (C=O) groups excluding carboxylic acids is 2. The molecule has 0 aromatic heterocycles. The van der Waals surface area contributed by atoms with Gasteiger partial charge in [0.15, 0.2) is 5.75 Å². The van der Waals surface area contributed by atoms with Crippen LogP contribution in [0, 0.1) is 0 Å². The summed E-state index contributed by atoms with van der Waals surface area (Å²) in [4.78, 5) is 27.3. The first-order chi connectivity index (χ1) is 15.0. The molecule has 0 aliphatic carbocycles. The minimum Gasteiger partial charge on any atom is -0.495 e. The molecule has 158 valence electrons. The SMILES string of the molecule is CCN1C(=O)c2cc(NC(=O)Nc3cc(Cl)ccc3OC)ccc2Oc2ccccc21. The molecule has 0 bridgehead atoms. The second-order valence-electron chi connectivity index (χ2n) is 6.75. The number of para-hydroxylation sites is 2. The molecule has 0 saturated carbocycles. The van der Waals surface area contributed by atoms with Crippen molar-refractivity contribution in [3.8, 4) is 17.2 Å². The van der Waals surface area contributed by atoms with Gasteiger partial charge in [-0.2, -0.15) is 0 Å². The van der Waals surface area contributed by atoms with E-state index in [2.05, 4.69) is 10.6 Å². The minimum atomic E-state index is -0.502. The quantitative estimate of drug-likeness (QED) is 0.543. The number of carbonyl (C=O) groups is 2. The summed E-state index contributed by atoms with van der Waals surface area (Å²) in [5, 5.41) is 5.89. The minimum absolute atomic E-state index is 0.206. The fourth-order valence-corrected chi connectivity index (χ4v) is 3.55. The molecule has 2 N–H and O–H groups in total. The number of nitrogens with one attached hydrogen (secondary N) is 2. The summed E-state index contributed by atoms with van der Waals surface area (Å²) in [6, 6.07) is 16.7. The fourth-order valence-electron chi connectivity index (χ4n) is 3.38. The van der Waals surface area contributed by atoms with Crippen LogP contribution in [0.4, 0.5) is 21.9 Å². The lowest BCUT2D eigenvalue weighted by Gasteiger charge is -2.19. The van der Waals surface area contributed by atoms with Crippen LogP contribution in [0.1, 0.15) is 17.3 Å². The summed E-state index contributed by atoms with van der Waals surface area (Å²) >= 11 is 6.01. The van der Waals surface area contributed by atoms with Crippen LogP contribution in [0.5, 0.6) is 17.2 Å². The Kier molecular flexibility index (Phi) is 5.68. The van der Waals surface area contributed by atoms with Crippen molar-refractivity contribution in [1.29, 1.82) is 0 Å². The summed E-state index contributed by atoms with van der Waals surface area (Å²) in [7, 11) is 1.50. The smallest absolute Gasteiger partial charge is 0.323 e. The van der Waals surface area contributed by atoms with Crippen molar-refractivity contribution in [1.82, 2.24) is 0 Å². The highest BCUT2D eigenvalue weighted by Gasteiger charge is 2.27. The van der Waals surface area contributed by atoms with E-state index < -0.39 is 6.03 Å². The second-order valence-corrected chi connectivity index (χ2v) is 7.19. The van der Waals surface area contributed by atoms with Crippen molar-refractivity contribution in [2.45, 2.75) is 6.92 Å². The number of hydrogen-bond acceptors (Lipinski definition) is 4. The van der Waals surface area contributed by atoms with Gasteiger partial charge in [-0.3, -0.25) is 4.79 Å². The van der Waals surface area contributed by atoms with Gasteiger partial charge in [0.2, 0.25) is 0 Å².